The highest BCUT2D eigenvalue weighted by Gasteiger charge is 2.59. The van der Waals surface area contributed by atoms with Crippen LogP contribution in [-0.2, 0) is 16.1 Å². The number of carbonyl (C=O) groups is 2. The van der Waals surface area contributed by atoms with Gasteiger partial charge in [0.1, 0.15) is 0 Å². The molecule has 2 amide bonds. The molecule has 1 spiro atoms. The van der Waals surface area contributed by atoms with Crippen molar-refractivity contribution < 1.29 is 14.0 Å². The van der Waals surface area contributed by atoms with Gasteiger partial charge in [0, 0.05) is 50.0 Å². The molecular weight excluding hydrogens is 419 g/mol. The summed E-state index contributed by atoms with van der Waals surface area (Å²) in [5.74, 6) is -0.545. The molecule has 1 saturated carbocycles. The minimum atomic E-state index is -1.75. The van der Waals surface area contributed by atoms with Gasteiger partial charge in [0.15, 0.2) is 5.67 Å². The van der Waals surface area contributed by atoms with Crippen LogP contribution in [0.15, 0.2) is 42.6 Å². The summed E-state index contributed by atoms with van der Waals surface area (Å²) in [6.45, 7) is 6.04. The quantitative estimate of drug-likeness (QED) is 0.687. The number of benzene rings is 1. The molecule has 7 heteroatoms. The minimum absolute atomic E-state index is 0.0796. The number of hydrogen-bond acceptors (Lipinski definition) is 3. The lowest BCUT2D eigenvalue weighted by atomic mass is 9.70. The minimum Gasteiger partial charge on any atom is -0.338 e. The number of alkyl halides is 1. The Labute approximate surface area is 194 Å². The Hall–Kier alpha value is -2.70. The molecule has 2 aromatic rings. The summed E-state index contributed by atoms with van der Waals surface area (Å²) in [6, 6.07) is 12.1. The average molecular weight is 453 g/mol. The summed E-state index contributed by atoms with van der Waals surface area (Å²) in [6.07, 6.45) is 4.66. The van der Waals surface area contributed by atoms with Gasteiger partial charge in [-0.15, -0.1) is 0 Å². The van der Waals surface area contributed by atoms with Crippen LogP contribution >= 0.6 is 0 Å². The molecular formula is C26H33FN4O2. The molecule has 1 aliphatic carbocycles. The van der Waals surface area contributed by atoms with Crippen molar-refractivity contribution in [2.75, 3.05) is 19.6 Å². The fourth-order valence-corrected chi connectivity index (χ4v) is 5.99. The topological polar surface area (TPSA) is 58.4 Å². The highest BCUT2D eigenvalue weighted by Crippen LogP contribution is 2.51. The first kappa shape index (κ1) is 22.1. The monoisotopic (exact) mass is 452 g/mol. The average Bonchev–Trinajstić information content (AvgIpc) is 3.41. The van der Waals surface area contributed by atoms with E-state index in [4.69, 9.17) is 0 Å². The van der Waals surface area contributed by atoms with E-state index in [1.54, 1.807) is 11.1 Å². The zero-order valence-electron chi connectivity index (χ0n) is 19.5. The van der Waals surface area contributed by atoms with Crippen molar-refractivity contribution in [2.45, 2.75) is 70.1 Å². The Kier molecular flexibility index (Phi) is 5.53. The van der Waals surface area contributed by atoms with E-state index < -0.39 is 17.0 Å². The Morgan fingerprint density at radius 3 is 2.58 bits per heavy atom. The third kappa shape index (κ3) is 3.65. The second-order valence-corrected chi connectivity index (χ2v) is 10.3. The lowest BCUT2D eigenvalue weighted by molar-refractivity contribution is -0.152. The number of aromatic nitrogens is 2. The molecule has 2 aliphatic heterocycles. The SMILES string of the molecule is CC(C)n1nccc1[C@H]1CN(C(=O)C2(F)CCC2)C[C@]12CCCN(Cc1ccccc1)C2=O. The summed E-state index contributed by atoms with van der Waals surface area (Å²) in [4.78, 5) is 30.9. The Bertz CT molecular complexity index is 1030. The van der Waals surface area contributed by atoms with Crippen molar-refractivity contribution in [3.05, 3.63) is 53.9 Å². The summed E-state index contributed by atoms with van der Waals surface area (Å²) in [5.41, 5.74) is -0.433. The molecule has 33 heavy (non-hydrogen) atoms. The van der Waals surface area contributed by atoms with E-state index in [1.807, 2.05) is 46.0 Å². The van der Waals surface area contributed by atoms with Crippen LogP contribution in [0.4, 0.5) is 4.39 Å². The fraction of sp³-hybridized carbons (Fsp3) is 0.577. The molecule has 3 heterocycles. The van der Waals surface area contributed by atoms with Crippen LogP contribution in [-0.4, -0.2) is 56.7 Å². The van der Waals surface area contributed by atoms with Crippen LogP contribution in [0.2, 0.25) is 0 Å². The van der Waals surface area contributed by atoms with Crippen LogP contribution in [0.3, 0.4) is 0 Å². The number of hydrogen-bond donors (Lipinski definition) is 0. The van der Waals surface area contributed by atoms with Gasteiger partial charge in [-0.3, -0.25) is 14.3 Å². The Balaban J connectivity index is 1.50. The first-order chi connectivity index (χ1) is 15.8. The first-order valence-electron chi connectivity index (χ1n) is 12.2. The summed E-state index contributed by atoms with van der Waals surface area (Å²) >= 11 is 0. The van der Waals surface area contributed by atoms with Crippen molar-refractivity contribution in [2.24, 2.45) is 5.41 Å². The van der Waals surface area contributed by atoms with E-state index >= 15 is 4.39 Å². The third-order valence-corrected chi connectivity index (χ3v) is 7.89. The van der Waals surface area contributed by atoms with E-state index in [2.05, 4.69) is 18.9 Å². The fourth-order valence-electron chi connectivity index (χ4n) is 5.99. The van der Waals surface area contributed by atoms with Crippen molar-refractivity contribution in [1.29, 1.82) is 0 Å². The van der Waals surface area contributed by atoms with Crippen LogP contribution in [0, 0.1) is 5.41 Å². The maximum atomic E-state index is 15.1. The standard InChI is InChI=1S/C26H33FN4O2/c1-19(2)31-22(10-14-28-31)21-17-30(24(33)26(27)12-6-13-26)18-25(21)11-7-15-29(23(25)32)16-20-8-4-3-5-9-20/h3-5,8-10,14,19,21H,6-7,11-13,15-18H2,1-2H3/t21-,25-/m1/s1. The first-order valence-corrected chi connectivity index (χ1v) is 12.2. The molecule has 2 atom stereocenters. The van der Waals surface area contributed by atoms with Gasteiger partial charge >= 0.3 is 0 Å². The van der Waals surface area contributed by atoms with Gasteiger partial charge in [-0.2, -0.15) is 5.10 Å². The number of amides is 2. The van der Waals surface area contributed by atoms with E-state index in [1.165, 1.54) is 0 Å². The van der Waals surface area contributed by atoms with E-state index in [0.717, 1.165) is 24.1 Å². The van der Waals surface area contributed by atoms with Crippen molar-refractivity contribution in [3.63, 3.8) is 0 Å². The molecule has 0 unspecified atom stereocenters. The largest absolute Gasteiger partial charge is 0.338 e. The summed E-state index contributed by atoms with van der Waals surface area (Å²) < 4.78 is 17.1. The molecule has 3 fully saturated rings. The number of halogens is 1. The smallest absolute Gasteiger partial charge is 0.260 e. The summed E-state index contributed by atoms with van der Waals surface area (Å²) in [7, 11) is 0. The molecule has 0 bridgehead atoms. The third-order valence-electron chi connectivity index (χ3n) is 7.89. The second-order valence-electron chi connectivity index (χ2n) is 10.3. The Morgan fingerprint density at radius 2 is 1.91 bits per heavy atom. The van der Waals surface area contributed by atoms with Gasteiger partial charge in [0.05, 0.1) is 5.41 Å². The highest BCUT2D eigenvalue weighted by atomic mass is 19.1. The van der Waals surface area contributed by atoms with Gasteiger partial charge in [0.25, 0.3) is 5.91 Å². The molecule has 5 rings (SSSR count). The molecule has 0 radical (unpaired) electrons. The van der Waals surface area contributed by atoms with Gasteiger partial charge in [-0.1, -0.05) is 30.3 Å². The maximum absolute atomic E-state index is 15.1. The van der Waals surface area contributed by atoms with E-state index in [-0.39, 0.29) is 37.3 Å². The number of rotatable bonds is 5. The maximum Gasteiger partial charge on any atom is 0.260 e. The summed E-state index contributed by atoms with van der Waals surface area (Å²) in [5, 5.41) is 4.51. The molecule has 3 aliphatic rings. The van der Waals surface area contributed by atoms with Crippen LogP contribution in [0.1, 0.15) is 69.2 Å². The lowest BCUT2D eigenvalue weighted by Crippen LogP contribution is -2.53. The second kappa shape index (κ2) is 8.26. The predicted molar refractivity (Wildman–Crippen MR) is 123 cm³/mol. The Morgan fingerprint density at radius 1 is 1.15 bits per heavy atom. The van der Waals surface area contributed by atoms with Crippen molar-refractivity contribution in [1.82, 2.24) is 19.6 Å². The van der Waals surface area contributed by atoms with E-state index in [9.17, 15) is 9.59 Å². The van der Waals surface area contributed by atoms with Crippen molar-refractivity contribution >= 4 is 11.8 Å². The molecule has 6 nitrogen and oxygen atoms in total. The molecule has 1 aromatic heterocycles. The lowest BCUT2D eigenvalue weighted by Gasteiger charge is -2.43. The van der Waals surface area contributed by atoms with E-state index in [0.29, 0.717) is 26.1 Å². The number of carbonyl (C=O) groups excluding carboxylic acids is 2. The zero-order valence-corrected chi connectivity index (χ0v) is 19.5. The number of likely N-dealkylation sites (tertiary alicyclic amines) is 2. The van der Waals surface area contributed by atoms with Crippen LogP contribution < -0.4 is 0 Å². The van der Waals surface area contributed by atoms with Gasteiger partial charge in [-0.05, 0) is 57.6 Å². The van der Waals surface area contributed by atoms with Crippen LogP contribution in [0.25, 0.3) is 0 Å². The number of piperidine rings is 1. The number of nitrogens with zero attached hydrogens (tertiary/aromatic N) is 4. The predicted octanol–water partition coefficient (Wildman–Crippen LogP) is 4.09. The van der Waals surface area contributed by atoms with Crippen molar-refractivity contribution in [3.8, 4) is 0 Å². The molecule has 0 N–H and O–H groups in total. The molecule has 2 saturated heterocycles. The normalized spacial score (nSPS) is 26.8. The van der Waals surface area contributed by atoms with Crippen LogP contribution in [0.5, 0.6) is 0 Å². The zero-order chi connectivity index (χ0) is 23.2. The molecule has 1 aromatic carbocycles. The van der Waals surface area contributed by atoms with Gasteiger partial charge in [-0.25, -0.2) is 4.39 Å². The van der Waals surface area contributed by atoms with Gasteiger partial charge in [0.2, 0.25) is 5.91 Å². The molecule has 176 valence electrons. The highest BCUT2D eigenvalue weighted by molar-refractivity contribution is 5.90. The van der Waals surface area contributed by atoms with Gasteiger partial charge < -0.3 is 9.80 Å².